The molecular formula is C20H27NO4. The molecule has 0 bridgehead atoms. The summed E-state index contributed by atoms with van der Waals surface area (Å²) in [4.78, 5) is 12.0. The number of benzene rings is 1. The Morgan fingerprint density at radius 2 is 2.00 bits per heavy atom. The van der Waals surface area contributed by atoms with Gasteiger partial charge in [-0.3, -0.25) is 4.79 Å². The largest absolute Gasteiger partial charge is 0.493 e. The van der Waals surface area contributed by atoms with E-state index in [0.29, 0.717) is 35.5 Å². The lowest BCUT2D eigenvalue weighted by molar-refractivity contribution is 0.0917. The Morgan fingerprint density at radius 3 is 2.68 bits per heavy atom. The molecule has 0 radical (unpaired) electrons. The molecule has 136 valence electrons. The molecule has 0 fully saturated rings. The molecule has 0 saturated heterocycles. The minimum atomic E-state index is -0.207. The number of amides is 1. The molecular weight excluding hydrogens is 318 g/mol. The summed E-state index contributed by atoms with van der Waals surface area (Å²) in [6.45, 7) is 7.08. The van der Waals surface area contributed by atoms with E-state index in [1.165, 1.54) is 5.56 Å². The van der Waals surface area contributed by atoms with Crippen LogP contribution in [0.1, 0.15) is 49.1 Å². The zero-order valence-corrected chi connectivity index (χ0v) is 15.4. The van der Waals surface area contributed by atoms with Crippen molar-refractivity contribution in [2.24, 2.45) is 5.92 Å². The summed E-state index contributed by atoms with van der Waals surface area (Å²) in [5.74, 6) is 2.43. The molecule has 0 saturated carbocycles. The van der Waals surface area contributed by atoms with E-state index in [4.69, 9.17) is 13.9 Å². The highest BCUT2D eigenvalue weighted by molar-refractivity contribution is 5.91. The van der Waals surface area contributed by atoms with Gasteiger partial charge in [0.15, 0.2) is 17.3 Å². The van der Waals surface area contributed by atoms with Crippen molar-refractivity contribution in [2.45, 2.75) is 40.2 Å². The summed E-state index contributed by atoms with van der Waals surface area (Å²) in [5.41, 5.74) is 1.22. The van der Waals surface area contributed by atoms with E-state index in [9.17, 15) is 4.79 Å². The van der Waals surface area contributed by atoms with Crippen LogP contribution in [-0.2, 0) is 13.0 Å². The van der Waals surface area contributed by atoms with Gasteiger partial charge in [-0.1, -0.05) is 33.3 Å². The second-order valence-corrected chi connectivity index (χ2v) is 6.39. The summed E-state index contributed by atoms with van der Waals surface area (Å²) < 4.78 is 16.7. The fourth-order valence-corrected chi connectivity index (χ4v) is 2.39. The van der Waals surface area contributed by atoms with Gasteiger partial charge in [-0.15, -0.1) is 0 Å². The SMILES string of the molecule is CCCc1ccc(OCc2ccc(C(=O)NCC(C)C)o2)c(OC)c1. The van der Waals surface area contributed by atoms with Crippen molar-refractivity contribution >= 4 is 5.91 Å². The molecule has 5 nitrogen and oxygen atoms in total. The predicted molar refractivity (Wildman–Crippen MR) is 97.2 cm³/mol. The Hall–Kier alpha value is -2.43. The third-order valence-electron chi connectivity index (χ3n) is 3.69. The van der Waals surface area contributed by atoms with E-state index < -0.39 is 0 Å². The molecule has 1 heterocycles. The molecule has 0 aliphatic rings. The van der Waals surface area contributed by atoms with Gasteiger partial charge in [0.25, 0.3) is 5.91 Å². The lowest BCUT2D eigenvalue weighted by atomic mass is 10.1. The number of rotatable bonds is 9. The molecule has 0 aliphatic heterocycles. The number of furan rings is 1. The molecule has 5 heteroatoms. The van der Waals surface area contributed by atoms with Crippen molar-refractivity contribution in [1.29, 1.82) is 0 Å². The minimum absolute atomic E-state index is 0.207. The lowest BCUT2D eigenvalue weighted by Gasteiger charge is -2.11. The monoisotopic (exact) mass is 345 g/mol. The van der Waals surface area contributed by atoms with Crippen molar-refractivity contribution in [3.63, 3.8) is 0 Å². The van der Waals surface area contributed by atoms with Crippen molar-refractivity contribution in [2.75, 3.05) is 13.7 Å². The summed E-state index contributed by atoms with van der Waals surface area (Å²) >= 11 is 0. The smallest absolute Gasteiger partial charge is 0.287 e. The van der Waals surface area contributed by atoms with Crippen molar-refractivity contribution in [3.8, 4) is 11.5 Å². The highest BCUT2D eigenvalue weighted by Gasteiger charge is 2.12. The first-order valence-electron chi connectivity index (χ1n) is 8.70. The first-order chi connectivity index (χ1) is 12.0. The second-order valence-electron chi connectivity index (χ2n) is 6.39. The van der Waals surface area contributed by atoms with Gasteiger partial charge < -0.3 is 19.2 Å². The number of hydrogen-bond acceptors (Lipinski definition) is 4. The van der Waals surface area contributed by atoms with E-state index in [2.05, 4.69) is 12.2 Å². The maximum atomic E-state index is 12.0. The number of hydrogen-bond donors (Lipinski definition) is 1. The van der Waals surface area contributed by atoms with Crippen LogP contribution in [0.4, 0.5) is 0 Å². The molecule has 0 spiro atoms. The van der Waals surface area contributed by atoms with Gasteiger partial charge in [0.1, 0.15) is 12.4 Å². The van der Waals surface area contributed by atoms with Gasteiger partial charge >= 0.3 is 0 Å². The fraction of sp³-hybridized carbons (Fsp3) is 0.450. The third kappa shape index (κ3) is 5.55. The number of ether oxygens (including phenoxy) is 2. The topological polar surface area (TPSA) is 60.7 Å². The Labute approximate surface area is 149 Å². The zero-order valence-electron chi connectivity index (χ0n) is 15.4. The normalized spacial score (nSPS) is 10.8. The van der Waals surface area contributed by atoms with E-state index in [-0.39, 0.29) is 12.5 Å². The van der Waals surface area contributed by atoms with Gasteiger partial charge in [-0.05, 0) is 42.2 Å². The summed E-state index contributed by atoms with van der Waals surface area (Å²) in [6, 6.07) is 9.35. The third-order valence-corrected chi connectivity index (χ3v) is 3.69. The van der Waals surface area contributed by atoms with E-state index in [1.54, 1.807) is 19.2 Å². The van der Waals surface area contributed by atoms with Crippen LogP contribution in [-0.4, -0.2) is 19.6 Å². The minimum Gasteiger partial charge on any atom is -0.493 e. The zero-order chi connectivity index (χ0) is 18.2. The van der Waals surface area contributed by atoms with Crippen LogP contribution in [0.15, 0.2) is 34.7 Å². The standard InChI is InChI=1S/C20H27NO4/c1-5-6-15-7-9-17(19(11-15)23-4)24-13-16-8-10-18(25-16)20(22)21-12-14(2)3/h7-11,14H,5-6,12-13H2,1-4H3,(H,21,22). The van der Waals surface area contributed by atoms with Crippen LogP contribution in [0.2, 0.25) is 0 Å². The number of methoxy groups -OCH3 is 1. The maximum Gasteiger partial charge on any atom is 0.287 e. The highest BCUT2D eigenvalue weighted by atomic mass is 16.5. The Kier molecular flexibility index (Phi) is 6.92. The number of carbonyl (C=O) groups is 1. The van der Waals surface area contributed by atoms with Crippen LogP contribution < -0.4 is 14.8 Å². The van der Waals surface area contributed by atoms with Gasteiger partial charge in [-0.25, -0.2) is 0 Å². The van der Waals surface area contributed by atoms with Crippen molar-refractivity contribution in [3.05, 3.63) is 47.4 Å². The first-order valence-corrected chi connectivity index (χ1v) is 8.70. The van der Waals surface area contributed by atoms with Crippen molar-refractivity contribution < 1.29 is 18.7 Å². The highest BCUT2D eigenvalue weighted by Crippen LogP contribution is 2.29. The Balaban J connectivity index is 1.96. The molecule has 1 N–H and O–H groups in total. The number of carbonyl (C=O) groups excluding carboxylic acids is 1. The van der Waals surface area contributed by atoms with Crippen LogP contribution in [0.5, 0.6) is 11.5 Å². The van der Waals surface area contributed by atoms with Gasteiger partial charge in [-0.2, -0.15) is 0 Å². The quantitative estimate of drug-likeness (QED) is 0.740. The molecule has 25 heavy (non-hydrogen) atoms. The molecule has 1 aromatic heterocycles. The Bertz CT molecular complexity index is 691. The first kappa shape index (κ1) is 18.9. The molecule has 1 aromatic carbocycles. The average Bonchev–Trinajstić information content (AvgIpc) is 3.07. The molecule has 0 atom stereocenters. The number of nitrogens with one attached hydrogen (secondary N) is 1. The fourth-order valence-electron chi connectivity index (χ4n) is 2.39. The van der Waals surface area contributed by atoms with Crippen LogP contribution in [0, 0.1) is 5.92 Å². The lowest BCUT2D eigenvalue weighted by Crippen LogP contribution is -2.26. The molecule has 2 aromatic rings. The average molecular weight is 345 g/mol. The molecule has 0 unspecified atom stereocenters. The summed E-state index contributed by atoms with van der Waals surface area (Å²) in [7, 11) is 1.63. The van der Waals surface area contributed by atoms with Gasteiger partial charge in [0, 0.05) is 6.54 Å². The van der Waals surface area contributed by atoms with E-state index in [1.807, 2.05) is 32.0 Å². The summed E-state index contributed by atoms with van der Waals surface area (Å²) in [6.07, 6.45) is 2.08. The van der Waals surface area contributed by atoms with Gasteiger partial charge in [0.2, 0.25) is 0 Å². The van der Waals surface area contributed by atoms with Gasteiger partial charge in [0.05, 0.1) is 7.11 Å². The summed E-state index contributed by atoms with van der Waals surface area (Å²) in [5, 5.41) is 2.83. The predicted octanol–water partition coefficient (Wildman–Crippen LogP) is 4.21. The molecule has 1 amide bonds. The van der Waals surface area contributed by atoms with E-state index in [0.717, 1.165) is 12.8 Å². The second kappa shape index (κ2) is 9.16. The van der Waals surface area contributed by atoms with Crippen LogP contribution in [0.25, 0.3) is 0 Å². The maximum absolute atomic E-state index is 12.0. The molecule has 2 rings (SSSR count). The Morgan fingerprint density at radius 1 is 1.20 bits per heavy atom. The van der Waals surface area contributed by atoms with Crippen LogP contribution in [0.3, 0.4) is 0 Å². The molecule has 0 aliphatic carbocycles. The van der Waals surface area contributed by atoms with Crippen LogP contribution >= 0.6 is 0 Å². The van der Waals surface area contributed by atoms with E-state index >= 15 is 0 Å². The van der Waals surface area contributed by atoms with Crippen molar-refractivity contribution in [1.82, 2.24) is 5.32 Å². The number of aryl methyl sites for hydroxylation is 1.